The van der Waals surface area contributed by atoms with Gasteiger partial charge in [-0.2, -0.15) is 0 Å². The second kappa shape index (κ2) is 4.84. The van der Waals surface area contributed by atoms with Gasteiger partial charge in [0.15, 0.2) is 0 Å². The minimum absolute atomic E-state index is 0.396. The highest BCUT2D eigenvalue weighted by molar-refractivity contribution is 5.79. The van der Waals surface area contributed by atoms with E-state index in [1.54, 1.807) is 0 Å². The van der Waals surface area contributed by atoms with Crippen LogP contribution in [0.2, 0.25) is 0 Å². The van der Waals surface area contributed by atoms with Crippen molar-refractivity contribution in [3.63, 3.8) is 0 Å². The van der Waals surface area contributed by atoms with Gasteiger partial charge in [0.05, 0.1) is 0 Å². The van der Waals surface area contributed by atoms with Crippen LogP contribution < -0.4 is 0 Å². The Morgan fingerprint density at radius 2 is 2.12 bits per heavy atom. The third-order valence-corrected chi connectivity index (χ3v) is 4.11. The molecule has 0 saturated carbocycles. The van der Waals surface area contributed by atoms with Crippen LogP contribution in [0.15, 0.2) is 0 Å². The van der Waals surface area contributed by atoms with Crippen molar-refractivity contribution >= 4 is 5.78 Å². The number of carbonyl (C=O) groups excluding carboxylic acids is 1. The molecule has 0 amide bonds. The number of ketones is 1. The van der Waals surface area contributed by atoms with Gasteiger partial charge in [0.2, 0.25) is 0 Å². The lowest BCUT2D eigenvalue weighted by Crippen LogP contribution is -2.47. The highest BCUT2D eigenvalue weighted by Gasteiger charge is 2.33. The normalized spacial score (nSPS) is 31.6. The molecule has 2 rings (SSSR count). The monoisotopic (exact) mass is 225 g/mol. The van der Waals surface area contributed by atoms with Gasteiger partial charge in [-0.05, 0) is 25.2 Å². The molecule has 1 atom stereocenters. The Labute approximate surface area is 98.1 Å². The first-order valence-corrected chi connectivity index (χ1v) is 6.43. The van der Waals surface area contributed by atoms with Crippen molar-refractivity contribution in [1.82, 2.24) is 4.90 Å². The van der Waals surface area contributed by atoms with E-state index in [0.717, 1.165) is 52.0 Å². The third-order valence-electron chi connectivity index (χ3n) is 4.11. The molecular weight excluding hydrogens is 202 g/mol. The van der Waals surface area contributed by atoms with Gasteiger partial charge in [0.25, 0.3) is 0 Å². The van der Waals surface area contributed by atoms with Gasteiger partial charge >= 0.3 is 0 Å². The van der Waals surface area contributed by atoms with E-state index >= 15 is 0 Å². The molecule has 0 aliphatic carbocycles. The first-order valence-electron chi connectivity index (χ1n) is 6.43. The average Bonchev–Trinajstić information content (AvgIpc) is 2.23. The summed E-state index contributed by atoms with van der Waals surface area (Å²) in [6.45, 7) is 8.43. The van der Waals surface area contributed by atoms with Gasteiger partial charge in [-0.15, -0.1) is 0 Å². The second-order valence-electron chi connectivity index (χ2n) is 5.74. The molecule has 1 unspecified atom stereocenters. The zero-order valence-corrected chi connectivity index (χ0v) is 10.5. The van der Waals surface area contributed by atoms with Crippen LogP contribution in [0.3, 0.4) is 0 Å². The fourth-order valence-electron chi connectivity index (χ4n) is 2.80. The van der Waals surface area contributed by atoms with E-state index in [1.165, 1.54) is 0 Å². The first-order chi connectivity index (χ1) is 7.59. The lowest BCUT2D eigenvalue weighted by atomic mass is 9.81. The topological polar surface area (TPSA) is 29.5 Å². The average molecular weight is 225 g/mol. The molecule has 0 bridgehead atoms. The molecule has 2 aliphatic rings. The van der Waals surface area contributed by atoms with Gasteiger partial charge < -0.3 is 4.74 Å². The summed E-state index contributed by atoms with van der Waals surface area (Å²) >= 11 is 0. The SMILES string of the molecule is CC1CC(=O)CCN1CC1(C)CCOCC1. The van der Waals surface area contributed by atoms with Crippen LogP contribution in [-0.2, 0) is 9.53 Å². The molecule has 2 fully saturated rings. The molecule has 0 aromatic carbocycles. The van der Waals surface area contributed by atoms with Gasteiger partial charge in [-0.1, -0.05) is 6.92 Å². The molecule has 3 heteroatoms. The number of hydrogen-bond acceptors (Lipinski definition) is 3. The van der Waals surface area contributed by atoms with Gasteiger partial charge in [-0.25, -0.2) is 0 Å². The predicted molar refractivity (Wildman–Crippen MR) is 63.4 cm³/mol. The van der Waals surface area contributed by atoms with E-state index in [-0.39, 0.29) is 0 Å². The molecule has 2 aliphatic heterocycles. The Hall–Kier alpha value is -0.410. The highest BCUT2D eigenvalue weighted by Crippen LogP contribution is 2.32. The number of piperidine rings is 1. The van der Waals surface area contributed by atoms with Crippen molar-refractivity contribution in [2.45, 2.75) is 45.6 Å². The first kappa shape index (κ1) is 12.1. The Bertz CT molecular complexity index is 259. The van der Waals surface area contributed by atoms with Crippen LogP contribution in [0.4, 0.5) is 0 Å². The standard InChI is InChI=1S/C13H23NO2/c1-11-9-12(15)3-6-14(11)10-13(2)4-7-16-8-5-13/h11H,3-10H2,1-2H3. The van der Waals surface area contributed by atoms with E-state index < -0.39 is 0 Å². The zero-order chi connectivity index (χ0) is 11.6. The summed E-state index contributed by atoms with van der Waals surface area (Å²) < 4.78 is 5.43. The minimum atomic E-state index is 0.396. The van der Waals surface area contributed by atoms with Crippen LogP contribution in [0, 0.1) is 5.41 Å². The molecule has 2 saturated heterocycles. The number of ether oxygens (including phenoxy) is 1. The molecule has 0 spiro atoms. The van der Waals surface area contributed by atoms with Crippen molar-refractivity contribution in [3.8, 4) is 0 Å². The molecule has 92 valence electrons. The largest absolute Gasteiger partial charge is 0.381 e. The number of rotatable bonds is 2. The molecule has 0 aromatic rings. The summed E-state index contributed by atoms with van der Waals surface area (Å²) in [5.74, 6) is 0.431. The fraction of sp³-hybridized carbons (Fsp3) is 0.923. The van der Waals surface area contributed by atoms with Crippen LogP contribution in [-0.4, -0.2) is 43.0 Å². The van der Waals surface area contributed by atoms with Crippen molar-refractivity contribution in [2.75, 3.05) is 26.3 Å². The number of nitrogens with zero attached hydrogens (tertiary/aromatic N) is 1. The maximum absolute atomic E-state index is 11.3. The second-order valence-corrected chi connectivity index (χ2v) is 5.74. The highest BCUT2D eigenvalue weighted by atomic mass is 16.5. The predicted octanol–water partition coefficient (Wildman–Crippen LogP) is 1.86. The van der Waals surface area contributed by atoms with Crippen molar-refractivity contribution in [1.29, 1.82) is 0 Å². The van der Waals surface area contributed by atoms with Crippen LogP contribution >= 0.6 is 0 Å². The van der Waals surface area contributed by atoms with E-state index in [9.17, 15) is 4.79 Å². The maximum atomic E-state index is 11.3. The van der Waals surface area contributed by atoms with Crippen LogP contribution in [0.25, 0.3) is 0 Å². The lowest BCUT2D eigenvalue weighted by molar-refractivity contribution is -0.123. The number of carbonyl (C=O) groups is 1. The Kier molecular flexibility index (Phi) is 3.65. The minimum Gasteiger partial charge on any atom is -0.381 e. The summed E-state index contributed by atoms with van der Waals surface area (Å²) in [6.07, 6.45) is 3.80. The van der Waals surface area contributed by atoms with E-state index in [0.29, 0.717) is 17.2 Å². The maximum Gasteiger partial charge on any atom is 0.135 e. The fourth-order valence-corrected chi connectivity index (χ4v) is 2.80. The van der Waals surface area contributed by atoms with Crippen molar-refractivity contribution in [3.05, 3.63) is 0 Å². The molecule has 0 N–H and O–H groups in total. The lowest BCUT2D eigenvalue weighted by Gasteiger charge is -2.42. The number of Topliss-reactive ketones (excluding diaryl/α,β-unsaturated/α-hetero) is 1. The molecular formula is C13H23NO2. The smallest absolute Gasteiger partial charge is 0.135 e. The molecule has 0 radical (unpaired) electrons. The number of hydrogen-bond donors (Lipinski definition) is 0. The summed E-state index contributed by atoms with van der Waals surface area (Å²) in [5, 5.41) is 0. The van der Waals surface area contributed by atoms with Gasteiger partial charge in [0.1, 0.15) is 5.78 Å². The van der Waals surface area contributed by atoms with Gasteiger partial charge in [-0.3, -0.25) is 9.69 Å². The number of likely N-dealkylation sites (tertiary alicyclic amines) is 1. The van der Waals surface area contributed by atoms with Crippen LogP contribution in [0.1, 0.15) is 39.5 Å². The summed E-state index contributed by atoms with van der Waals surface area (Å²) in [4.78, 5) is 13.8. The van der Waals surface area contributed by atoms with Crippen molar-refractivity contribution < 1.29 is 9.53 Å². The zero-order valence-electron chi connectivity index (χ0n) is 10.5. The third kappa shape index (κ3) is 2.83. The quantitative estimate of drug-likeness (QED) is 0.718. The van der Waals surface area contributed by atoms with E-state index in [4.69, 9.17) is 4.74 Å². The Morgan fingerprint density at radius 3 is 2.75 bits per heavy atom. The summed E-state index contributed by atoms with van der Waals surface area (Å²) in [6, 6.07) is 0.431. The summed E-state index contributed by atoms with van der Waals surface area (Å²) in [7, 11) is 0. The Balaban J connectivity index is 1.90. The summed E-state index contributed by atoms with van der Waals surface area (Å²) in [5.41, 5.74) is 0.396. The molecule has 3 nitrogen and oxygen atoms in total. The van der Waals surface area contributed by atoms with Gasteiger partial charge in [0, 0.05) is 45.2 Å². The molecule has 16 heavy (non-hydrogen) atoms. The van der Waals surface area contributed by atoms with E-state index in [2.05, 4.69) is 18.7 Å². The molecule has 2 heterocycles. The van der Waals surface area contributed by atoms with E-state index in [1.807, 2.05) is 0 Å². The van der Waals surface area contributed by atoms with Crippen molar-refractivity contribution in [2.24, 2.45) is 5.41 Å². The molecule has 0 aromatic heterocycles. The van der Waals surface area contributed by atoms with Crippen LogP contribution in [0.5, 0.6) is 0 Å². The Morgan fingerprint density at radius 1 is 1.44 bits per heavy atom.